The van der Waals surface area contributed by atoms with Gasteiger partial charge in [-0.3, -0.25) is 4.90 Å². The zero-order chi connectivity index (χ0) is 94.0. The van der Waals surface area contributed by atoms with E-state index in [1.807, 2.05) is 96.8 Å². The molecule has 718 valence electrons. The Bertz CT molecular complexity index is 6080. The molecule has 13 heterocycles. The van der Waals surface area contributed by atoms with Crippen LogP contribution >= 0.6 is 0 Å². The summed E-state index contributed by atoms with van der Waals surface area (Å²) in [6, 6.07) is 41.5. The van der Waals surface area contributed by atoms with Gasteiger partial charge in [-0.1, -0.05) is 72.8 Å². The van der Waals surface area contributed by atoms with Crippen LogP contribution < -0.4 is 58.1 Å². The second kappa shape index (κ2) is 42.8. The van der Waals surface area contributed by atoms with Crippen LogP contribution in [0.4, 0.5) is 55.3 Å². The van der Waals surface area contributed by atoms with Crippen molar-refractivity contribution in [1.82, 2.24) is 64.7 Å². The van der Waals surface area contributed by atoms with Crippen molar-refractivity contribution in [3.8, 4) is 23.0 Å². The molecule has 31 heteroatoms. The molecule has 0 radical (unpaired) electrons. The number of halogens is 2. The largest absolute Gasteiger partial charge is 0.496 e. The summed E-state index contributed by atoms with van der Waals surface area (Å²) >= 11 is 0. The third kappa shape index (κ3) is 21.4. The summed E-state index contributed by atoms with van der Waals surface area (Å²) in [6.45, 7) is 14.4. The number of hydrogen-bond donors (Lipinski definition) is 3. The number of likely N-dealkylation sites (N-methyl/N-ethyl adjacent to an activating group) is 4. The highest BCUT2D eigenvalue weighted by atomic mass is 19.1. The third-order valence-electron chi connectivity index (χ3n) is 29.0. The van der Waals surface area contributed by atoms with Crippen LogP contribution in [0.1, 0.15) is 190 Å². The summed E-state index contributed by atoms with van der Waals surface area (Å²) < 4.78 is 58.3. The standard InChI is InChI=1S/C29H38N6O2.C26H32FN5O2.C25H30FN5O2.C25H31N5O2/c1-33(13-14-34-15-17-37-18-16-34)27-19-24-25(20-30-27)31-28(22-7-8-22)32-29(24)35-11-9-21(10-12-35)23-5-3-4-6-26(23)36-2;1-31(14-15-33)23-16-20-21(17-28-23)29-25(26(27)10-5-11-26)30-24(20)32-12-8-18(9-13-32)19-6-3-4-7-22(19)34-2;1-30(13-14-32)22-15-19-20(16-27-22)28-24(25(26)9-10-25)29-23(19)31-11-7-17(8-12-31)18-5-3-4-6-21(18)33-2;1-29(13-14-31)23-15-20-21(16-26-23)27-24(18-7-8-18)28-25(20)30-11-9-17(10-12-30)19-5-3-4-6-22(19)32-2/h3-6,19-22H,7-18H2,1-2H3;3-4,6-7,16-18,33H,5,8-15H2,1-2H3;3-6,15-17,32H,7-14H2,1-2H3;3-6,15-18,31H,7-14H2,1-2H3. The number of pyridine rings is 4. The topological polar surface area (TPSA) is 291 Å². The molecule has 0 amide bonds. The van der Waals surface area contributed by atoms with E-state index in [0.717, 1.165) is 263 Å². The van der Waals surface area contributed by atoms with E-state index in [1.54, 1.807) is 40.8 Å². The van der Waals surface area contributed by atoms with Gasteiger partial charge in [0.25, 0.3) is 0 Å². The first-order valence-corrected chi connectivity index (χ1v) is 49.0. The van der Waals surface area contributed by atoms with E-state index in [2.05, 4.69) is 134 Å². The molecule has 4 saturated carbocycles. The van der Waals surface area contributed by atoms with Crippen molar-refractivity contribution in [2.45, 2.75) is 156 Å². The summed E-state index contributed by atoms with van der Waals surface area (Å²) in [5.41, 5.74) is 5.45. The van der Waals surface area contributed by atoms with Gasteiger partial charge in [0.1, 0.15) is 81.2 Å². The number of anilines is 8. The molecule has 4 aromatic carbocycles. The first kappa shape index (κ1) is 94.5. The first-order valence-electron chi connectivity index (χ1n) is 49.0. The van der Waals surface area contributed by atoms with Crippen molar-refractivity contribution in [3.63, 3.8) is 0 Å². The highest BCUT2D eigenvalue weighted by Gasteiger charge is 2.49. The molecule has 0 bridgehead atoms. The van der Waals surface area contributed by atoms with Crippen molar-refractivity contribution < 1.29 is 47.8 Å². The maximum absolute atomic E-state index is 15.4. The summed E-state index contributed by atoms with van der Waals surface area (Å²) in [4.78, 5) is 77.0. The number of alkyl halides is 2. The maximum Gasteiger partial charge on any atom is 0.170 e. The molecule has 4 aliphatic carbocycles. The lowest BCUT2D eigenvalue weighted by molar-refractivity contribution is 0.0392. The van der Waals surface area contributed by atoms with Crippen LogP contribution in [0.25, 0.3) is 43.6 Å². The average Bonchev–Trinajstić information content (AvgIpc) is 1.56. The molecule has 5 saturated heterocycles. The fourth-order valence-electron chi connectivity index (χ4n) is 20.0. The van der Waals surface area contributed by atoms with Crippen LogP contribution in [0.15, 0.2) is 146 Å². The molecule has 8 aromatic heterocycles. The van der Waals surface area contributed by atoms with E-state index in [4.69, 9.17) is 58.6 Å². The van der Waals surface area contributed by atoms with Crippen molar-refractivity contribution in [2.75, 3.05) is 227 Å². The van der Waals surface area contributed by atoms with Gasteiger partial charge in [0, 0.05) is 160 Å². The quantitative estimate of drug-likeness (QED) is 0.0392. The van der Waals surface area contributed by atoms with Crippen LogP contribution in [0.5, 0.6) is 23.0 Å². The van der Waals surface area contributed by atoms with Gasteiger partial charge in [-0.25, -0.2) is 68.6 Å². The third-order valence-corrected chi connectivity index (χ3v) is 29.0. The zero-order valence-electron chi connectivity index (χ0n) is 80.0. The molecule has 29 nitrogen and oxygen atoms in total. The number of nitrogens with zero attached hydrogens (tertiary/aromatic N) is 21. The highest BCUT2D eigenvalue weighted by molar-refractivity contribution is 5.94. The molecule has 0 unspecified atom stereocenters. The number of fused-ring (bicyclic) bond motifs is 4. The molecule has 5 aliphatic heterocycles. The number of aromatic nitrogens is 12. The Hall–Kier alpha value is -11.9. The Morgan fingerprint density at radius 1 is 0.346 bits per heavy atom. The van der Waals surface area contributed by atoms with Crippen LogP contribution in [0.3, 0.4) is 0 Å². The van der Waals surface area contributed by atoms with Gasteiger partial charge >= 0.3 is 0 Å². The number of piperidine rings is 4. The number of aliphatic hydroxyl groups is 3. The number of rotatable bonds is 29. The maximum atomic E-state index is 15.4. The molecule has 3 N–H and O–H groups in total. The van der Waals surface area contributed by atoms with Crippen molar-refractivity contribution >= 4 is 90.2 Å². The number of ether oxygens (including phenoxy) is 5. The van der Waals surface area contributed by atoms with Crippen molar-refractivity contribution in [2.24, 2.45) is 0 Å². The predicted molar refractivity (Wildman–Crippen MR) is 532 cm³/mol. The Kier molecular flexibility index (Phi) is 29.7. The lowest BCUT2D eigenvalue weighted by atomic mass is 9.81. The molecule has 0 atom stereocenters. The fourth-order valence-corrected chi connectivity index (χ4v) is 20.0. The molecular formula is C105H131F2N21O8. The van der Waals surface area contributed by atoms with E-state index >= 15 is 4.39 Å². The summed E-state index contributed by atoms with van der Waals surface area (Å²) in [6.07, 6.45) is 22.8. The molecule has 21 rings (SSSR count). The Labute approximate surface area is 796 Å². The van der Waals surface area contributed by atoms with Gasteiger partial charge in [-0.2, -0.15) is 0 Å². The minimum Gasteiger partial charge on any atom is -0.496 e. The Morgan fingerprint density at radius 3 is 0.897 bits per heavy atom. The summed E-state index contributed by atoms with van der Waals surface area (Å²) in [5.74, 6) is 16.1. The molecular weight excluding hydrogens is 1720 g/mol. The van der Waals surface area contributed by atoms with Gasteiger partial charge in [-0.05, 0) is 204 Å². The van der Waals surface area contributed by atoms with E-state index < -0.39 is 11.3 Å². The number of morpholine rings is 1. The van der Waals surface area contributed by atoms with Crippen molar-refractivity contribution in [1.29, 1.82) is 0 Å². The summed E-state index contributed by atoms with van der Waals surface area (Å²) in [5, 5.41) is 31.9. The monoisotopic (exact) mass is 1850 g/mol. The van der Waals surface area contributed by atoms with Gasteiger partial charge in [0.2, 0.25) is 0 Å². The average molecular weight is 1850 g/mol. The second-order valence-electron chi connectivity index (χ2n) is 37.9. The number of aliphatic hydroxyl groups excluding tert-OH is 3. The van der Waals surface area contributed by atoms with Crippen LogP contribution in [0, 0.1) is 0 Å². The van der Waals surface area contributed by atoms with Gasteiger partial charge < -0.3 is 78.2 Å². The van der Waals surface area contributed by atoms with Crippen LogP contribution in [-0.4, -0.2) is 268 Å². The number of methoxy groups -OCH3 is 4. The number of hydrogen-bond acceptors (Lipinski definition) is 29. The van der Waals surface area contributed by atoms with E-state index in [1.165, 1.54) is 47.9 Å². The summed E-state index contributed by atoms with van der Waals surface area (Å²) in [7, 11) is 14.8. The predicted octanol–water partition coefficient (Wildman–Crippen LogP) is 15.8. The smallest absolute Gasteiger partial charge is 0.170 e. The Balaban J connectivity index is 0.000000121. The molecule has 0 spiro atoms. The second-order valence-corrected chi connectivity index (χ2v) is 37.9. The molecule has 12 aromatic rings. The first-order chi connectivity index (χ1) is 66.4. The lowest BCUT2D eigenvalue weighted by Crippen LogP contribution is -2.40. The molecule has 9 aliphatic rings. The van der Waals surface area contributed by atoms with E-state index in [0.29, 0.717) is 91.9 Å². The van der Waals surface area contributed by atoms with Crippen LogP contribution in [0.2, 0.25) is 0 Å². The number of benzene rings is 4. The minimum atomic E-state index is -1.44. The van der Waals surface area contributed by atoms with Gasteiger partial charge in [0.05, 0.1) is 108 Å². The molecule has 136 heavy (non-hydrogen) atoms. The van der Waals surface area contributed by atoms with Crippen LogP contribution in [-0.2, 0) is 16.1 Å². The number of para-hydroxylation sites is 4. The van der Waals surface area contributed by atoms with E-state index in [9.17, 15) is 19.7 Å². The fraction of sp³-hybridized carbons (Fsp3) is 0.505. The SMILES string of the molecule is COc1ccccc1C1CCN(c2nc(C3(F)CC3)nc3cnc(N(C)CCO)cc23)CC1.COc1ccccc1C1CCN(c2nc(C3(F)CCC3)nc3cnc(N(C)CCO)cc23)CC1.COc1ccccc1C1CCN(c2nc(C3CC3)nc3cnc(N(C)CCN4CCOCC4)cc23)CC1.COc1ccccc1C1CCN(c2nc(C3CC3)nc3cnc(N(C)CCO)cc23)CC1. The molecule has 9 fully saturated rings. The lowest BCUT2D eigenvalue weighted by Gasteiger charge is -2.36. The minimum absolute atomic E-state index is 0.0410. The van der Waals surface area contributed by atoms with Crippen molar-refractivity contribution in [3.05, 3.63) is 192 Å². The zero-order valence-corrected chi connectivity index (χ0v) is 80.0. The normalized spacial score (nSPS) is 18.1. The highest BCUT2D eigenvalue weighted by Crippen LogP contribution is 2.51. The van der Waals surface area contributed by atoms with Gasteiger partial charge in [-0.15, -0.1) is 0 Å². The van der Waals surface area contributed by atoms with Gasteiger partial charge in [0.15, 0.2) is 23.0 Å². The van der Waals surface area contributed by atoms with E-state index in [-0.39, 0.29) is 31.5 Å². The Morgan fingerprint density at radius 2 is 0.625 bits per heavy atom.